The quantitative estimate of drug-likeness (QED) is 0.911. The number of hydrogen-bond donors (Lipinski definition) is 2. The molecule has 1 aromatic heterocycles. The third-order valence-electron chi connectivity index (χ3n) is 2.77. The zero-order chi connectivity index (χ0) is 14.7. The number of aromatic nitrogens is 1. The Balaban J connectivity index is 2.34. The van der Waals surface area contributed by atoms with E-state index in [1.54, 1.807) is 25.1 Å². The van der Waals surface area contributed by atoms with Gasteiger partial charge in [0.15, 0.2) is 0 Å². The summed E-state index contributed by atoms with van der Waals surface area (Å²) in [5.41, 5.74) is 0.934. The van der Waals surface area contributed by atoms with Gasteiger partial charge in [-0.05, 0) is 36.8 Å². The van der Waals surface area contributed by atoms with Gasteiger partial charge in [-0.1, -0.05) is 17.7 Å². The second-order valence-corrected chi connectivity index (χ2v) is 4.48. The van der Waals surface area contributed by atoms with E-state index < -0.39 is 11.9 Å². The van der Waals surface area contributed by atoms with Gasteiger partial charge in [-0.15, -0.1) is 0 Å². The van der Waals surface area contributed by atoms with E-state index in [0.29, 0.717) is 16.3 Å². The zero-order valence-electron chi connectivity index (χ0n) is 10.6. The lowest BCUT2D eigenvalue weighted by atomic mass is 10.1. The third-order valence-corrected chi connectivity index (χ3v) is 3.18. The number of rotatable bonds is 3. The van der Waals surface area contributed by atoms with Crippen LogP contribution in [-0.4, -0.2) is 22.0 Å². The monoisotopic (exact) mass is 290 g/mol. The van der Waals surface area contributed by atoms with Crippen LogP contribution in [0.25, 0.3) is 0 Å². The third kappa shape index (κ3) is 2.78. The van der Waals surface area contributed by atoms with Crippen molar-refractivity contribution in [1.29, 1.82) is 0 Å². The Morgan fingerprint density at radius 3 is 2.70 bits per heavy atom. The number of halogens is 1. The number of carbonyl (C=O) groups is 2. The fourth-order valence-electron chi connectivity index (χ4n) is 1.68. The van der Waals surface area contributed by atoms with Crippen molar-refractivity contribution in [2.75, 3.05) is 5.32 Å². The van der Waals surface area contributed by atoms with Crippen molar-refractivity contribution in [3.05, 3.63) is 58.4 Å². The molecule has 2 rings (SSSR count). The molecule has 2 N–H and O–H groups in total. The molecular weight excluding hydrogens is 280 g/mol. The Morgan fingerprint density at radius 1 is 1.25 bits per heavy atom. The van der Waals surface area contributed by atoms with Gasteiger partial charge in [0.05, 0.1) is 5.56 Å². The molecule has 0 unspecified atom stereocenters. The van der Waals surface area contributed by atoms with Gasteiger partial charge in [0.25, 0.3) is 5.91 Å². The van der Waals surface area contributed by atoms with Gasteiger partial charge < -0.3 is 10.4 Å². The number of carboxylic acids is 1. The van der Waals surface area contributed by atoms with Crippen LogP contribution < -0.4 is 5.32 Å². The van der Waals surface area contributed by atoms with E-state index in [4.69, 9.17) is 16.7 Å². The molecule has 0 spiro atoms. The fourth-order valence-corrected chi connectivity index (χ4v) is 1.86. The predicted octanol–water partition coefficient (Wildman–Crippen LogP) is 2.99. The smallest absolute Gasteiger partial charge is 0.338 e. The number of hydrogen-bond acceptors (Lipinski definition) is 3. The summed E-state index contributed by atoms with van der Waals surface area (Å²) in [6, 6.07) is 7.87. The Morgan fingerprint density at radius 2 is 2.00 bits per heavy atom. The second-order valence-electron chi connectivity index (χ2n) is 4.07. The Labute approximate surface area is 120 Å². The molecule has 102 valence electrons. The number of benzene rings is 1. The molecule has 0 aliphatic rings. The summed E-state index contributed by atoms with van der Waals surface area (Å²) in [6.45, 7) is 1.76. The molecule has 0 atom stereocenters. The van der Waals surface area contributed by atoms with E-state index in [9.17, 15) is 9.59 Å². The molecule has 6 heteroatoms. The van der Waals surface area contributed by atoms with Crippen LogP contribution in [0.5, 0.6) is 0 Å². The summed E-state index contributed by atoms with van der Waals surface area (Å²) < 4.78 is 0. The van der Waals surface area contributed by atoms with Crippen molar-refractivity contribution < 1.29 is 14.7 Å². The van der Waals surface area contributed by atoms with Crippen LogP contribution in [0, 0.1) is 6.92 Å². The zero-order valence-corrected chi connectivity index (χ0v) is 11.3. The van der Waals surface area contributed by atoms with Crippen LogP contribution >= 0.6 is 11.6 Å². The van der Waals surface area contributed by atoms with E-state index in [1.807, 2.05) is 0 Å². The Kier molecular flexibility index (Phi) is 4.00. The number of carbonyl (C=O) groups excluding carboxylic acids is 1. The number of carboxylic acid groups (broad SMARTS) is 1. The Hall–Kier alpha value is -2.40. The minimum absolute atomic E-state index is 0.139. The van der Waals surface area contributed by atoms with E-state index in [2.05, 4.69) is 10.3 Å². The summed E-state index contributed by atoms with van der Waals surface area (Å²) in [6.07, 6.45) is 1.37. The van der Waals surface area contributed by atoms with Crippen LogP contribution in [0.15, 0.2) is 36.5 Å². The minimum atomic E-state index is -1.20. The highest BCUT2D eigenvalue weighted by molar-refractivity contribution is 6.31. The highest BCUT2D eigenvalue weighted by Gasteiger charge is 2.18. The van der Waals surface area contributed by atoms with Gasteiger partial charge in [0, 0.05) is 16.9 Å². The summed E-state index contributed by atoms with van der Waals surface area (Å²) >= 11 is 5.96. The number of nitrogens with zero attached hydrogens (tertiary/aromatic N) is 1. The molecule has 0 saturated heterocycles. The lowest BCUT2D eigenvalue weighted by Crippen LogP contribution is -2.18. The second kappa shape index (κ2) is 5.71. The highest BCUT2D eigenvalue weighted by Crippen LogP contribution is 2.23. The standard InChI is InChI=1S/C14H11ClN2O3/c1-8-10(15)5-2-6-11(8)17-13(18)12-9(14(19)20)4-3-7-16-12/h2-7H,1H3,(H,17,18)(H,19,20). The first-order valence-corrected chi connectivity index (χ1v) is 6.13. The fraction of sp³-hybridized carbons (Fsp3) is 0.0714. The van der Waals surface area contributed by atoms with E-state index in [1.165, 1.54) is 18.3 Å². The van der Waals surface area contributed by atoms with Gasteiger partial charge in [-0.3, -0.25) is 9.78 Å². The molecule has 0 fully saturated rings. The highest BCUT2D eigenvalue weighted by atomic mass is 35.5. The van der Waals surface area contributed by atoms with Crippen molar-refractivity contribution in [1.82, 2.24) is 4.98 Å². The number of anilines is 1. The number of amides is 1. The summed E-state index contributed by atoms with van der Waals surface area (Å²) in [5.74, 6) is -1.79. The average Bonchev–Trinajstić information content (AvgIpc) is 2.43. The molecule has 2 aromatic rings. The molecule has 20 heavy (non-hydrogen) atoms. The largest absolute Gasteiger partial charge is 0.478 e. The summed E-state index contributed by atoms with van der Waals surface area (Å²) in [7, 11) is 0. The molecule has 0 bridgehead atoms. The molecule has 0 saturated carbocycles. The topological polar surface area (TPSA) is 79.3 Å². The molecule has 0 radical (unpaired) electrons. The maximum absolute atomic E-state index is 12.1. The molecule has 1 heterocycles. The first kappa shape index (κ1) is 14.0. The van der Waals surface area contributed by atoms with Crippen LogP contribution in [-0.2, 0) is 0 Å². The van der Waals surface area contributed by atoms with Crippen molar-refractivity contribution in [2.45, 2.75) is 6.92 Å². The molecule has 5 nitrogen and oxygen atoms in total. The van der Waals surface area contributed by atoms with Gasteiger partial charge in [0.1, 0.15) is 5.69 Å². The number of pyridine rings is 1. The van der Waals surface area contributed by atoms with Gasteiger partial charge in [-0.25, -0.2) is 4.79 Å². The molecule has 0 aliphatic heterocycles. The van der Waals surface area contributed by atoms with Crippen molar-refractivity contribution >= 4 is 29.2 Å². The molecular formula is C14H11ClN2O3. The van der Waals surface area contributed by atoms with Crippen molar-refractivity contribution in [2.24, 2.45) is 0 Å². The molecule has 1 amide bonds. The molecule has 0 aliphatic carbocycles. The normalized spacial score (nSPS) is 10.1. The lowest BCUT2D eigenvalue weighted by Gasteiger charge is -2.10. The van der Waals surface area contributed by atoms with E-state index >= 15 is 0 Å². The summed E-state index contributed by atoms with van der Waals surface area (Å²) in [4.78, 5) is 27.0. The lowest BCUT2D eigenvalue weighted by molar-refractivity contribution is 0.0691. The first-order chi connectivity index (χ1) is 9.50. The van der Waals surface area contributed by atoms with Gasteiger partial charge in [-0.2, -0.15) is 0 Å². The average molecular weight is 291 g/mol. The van der Waals surface area contributed by atoms with Crippen LogP contribution in [0.1, 0.15) is 26.4 Å². The van der Waals surface area contributed by atoms with Gasteiger partial charge >= 0.3 is 5.97 Å². The van der Waals surface area contributed by atoms with Crippen LogP contribution in [0.4, 0.5) is 5.69 Å². The van der Waals surface area contributed by atoms with Crippen molar-refractivity contribution in [3.8, 4) is 0 Å². The Bertz CT molecular complexity index is 686. The predicted molar refractivity (Wildman–Crippen MR) is 75.3 cm³/mol. The van der Waals surface area contributed by atoms with E-state index in [-0.39, 0.29) is 11.3 Å². The maximum atomic E-state index is 12.1. The summed E-state index contributed by atoms with van der Waals surface area (Å²) in [5, 5.41) is 12.2. The van der Waals surface area contributed by atoms with Crippen LogP contribution in [0.2, 0.25) is 5.02 Å². The number of aromatic carboxylic acids is 1. The first-order valence-electron chi connectivity index (χ1n) is 5.75. The minimum Gasteiger partial charge on any atom is -0.478 e. The van der Waals surface area contributed by atoms with Crippen molar-refractivity contribution in [3.63, 3.8) is 0 Å². The molecule has 1 aromatic carbocycles. The van der Waals surface area contributed by atoms with Gasteiger partial charge in [0.2, 0.25) is 0 Å². The maximum Gasteiger partial charge on any atom is 0.338 e. The number of nitrogens with one attached hydrogen (secondary N) is 1. The SMILES string of the molecule is Cc1c(Cl)cccc1NC(=O)c1ncccc1C(=O)O. The van der Waals surface area contributed by atoms with E-state index in [0.717, 1.165) is 0 Å². The van der Waals surface area contributed by atoms with Crippen LogP contribution in [0.3, 0.4) is 0 Å².